The molecule has 1 aromatic heterocycles. The lowest BCUT2D eigenvalue weighted by Gasteiger charge is -2.29. The Balaban J connectivity index is 1.45. The van der Waals surface area contributed by atoms with Crippen LogP contribution in [0.2, 0.25) is 0 Å². The van der Waals surface area contributed by atoms with Gasteiger partial charge in [-0.3, -0.25) is 4.79 Å². The molecule has 0 aliphatic heterocycles. The van der Waals surface area contributed by atoms with Gasteiger partial charge in [-0.05, 0) is 42.4 Å². The second kappa shape index (κ2) is 8.64. The van der Waals surface area contributed by atoms with Crippen LogP contribution in [0.4, 0.5) is 0 Å². The Morgan fingerprint density at radius 2 is 1.79 bits per heavy atom. The predicted octanol–water partition coefficient (Wildman–Crippen LogP) is 5.32. The maximum Gasteiger partial charge on any atom is 0.220 e. The number of aryl methyl sites for hydroxylation is 1. The van der Waals surface area contributed by atoms with E-state index in [-0.39, 0.29) is 5.91 Å². The predicted molar refractivity (Wildman–Crippen MR) is 115 cm³/mol. The van der Waals surface area contributed by atoms with Gasteiger partial charge in [0.15, 0.2) is 0 Å². The van der Waals surface area contributed by atoms with Crippen molar-refractivity contribution < 1.29 is 4.79 Å². The van der Waals surface area contributed by atoms with Crippen molar-refractivity contribution in [1.29, 1.82) is 0 Å². The van der Waals surface area contributed by atoms with Crippen LogP contribution in [0, 0.1) is 5.92 Å². The lowest BCUT2D eigenvalue weighted by molar-refractivity contribution is -0.122. The lowest BCUT2D eigenvalue weighted by Crippen LogP contribution is -2.41. The summed E-state index contributed by atoms with van der Waals surface area (Å²) in [5.41, 5.74) is 3.79. The van der Waals surface area contributed by atoms with Crippen molar-refractivity contribution in [3.05, 3.63) is 71.9 Å². The van der Waals surface area contributed by atoms with E-state index in [1.165, 1.54) is 41.3 Å². The number of hydrogen-bond donors (Lipinski definition) is 1. The zero-order valence-electron chi connectivity index (χ0n) is 16.7. The number of aromatic nitrogens is 1. The molecule has 1 amide bonds. The van der Waals surface area contributed by atoms with Crippen LogP contribution >= 0.6 is 0 Å². The molecule has 1 heterocycles. The Kier molecular flexibility index (Phi) is 5.80. The van der Waals surface area contributed by atoms with E-state index in [0.717, 1.165) is 19.4 Å². The highest BCUT2D eigenvalue weighted by Crippen LogP contribution is 2.25. The fourth-order valence-corrected chi connectivity index (χ4v) is 4.49. The highest BCUT2D eigenvalue weighted by molar-refractivity contribution is 5.85. The van der Waals surface area contributed by atoms with E-state index < -0.39 is 0 Å². The van der Waals surface area contributed by atoms with E-state index in [0.29, 0.717) is 18.4 Å². The van der Waals surface area contributed by atoms with E-state index in [1.54, 1.807) is 0 Å². The highest BCUT2D eigenvalue weighted by Gasteiger charge is 2.22. The van der Waals surface area contributed by atoms with Gasteiger partial charge in [0.2, 0.25) is 5.91 Å². The van der Waals surface area contributed by atoms with Crippen molar-refractivity contribution in [2.75, 3.05) is 0 Å². The van der Waals surface area contributed by atoms with E-state index in [2.05, 4.69) is 77.6 Å². The van der Waals surface area contributed by atoms with Gasteiger partial charge in [-0.1, -0.05) is 68.3 Å². The molecule has 1 N–H and O–H groups in total. The third-order valence-electron chi connectivity index (χ3n) is 6.15. The summed E-state index contributed by atoms with van der Waals surface area (Å²) in [6.07, 6.45) is 8.48. The molecule has 4 rings (SSSR count). The lowest BCUT2D eigenvalue weighted by atomic mass is 9.86. The summed E-state index contributed by atoms with van der Waals surface area (Å²) in [4.78, 5) is 12.5. The zero-order chi connectivity index (χ0) is 19.3. The number of hydrogen-bond acceptors (Lipinski definition) is 1. The van der Waals surface area contributed by atoms with Crippen molar-refractivity contribution in [2.45, 2.75) is 58.0 Å². The van der Waals surface area contributed by atoms with Crippen LogP contribution in [0.5, 0.6) is 0 Å². The summed E-state index contributed by atoms with van der Waals surface area (Å²) in [6.45, 7) is 3.12. The SMILES string of the molecule is C[C@@H]1CCCC[C@@H]1NC(=O)CCc1cn(Cc2ccccc2)c2ccccc12. The second-order valence-electron chi connectivity index (χ2n) is 8.22. The van der Waals surface area contributed by atoms with E-state index in [9.17, 15) is 4.79 Å². The normalized spacial score (nSPS) is 19.6. The first-order chi connectivity index (χ1) is 13.7. The van der Waals surface area contributed by atoms with Gasteiger partial charge < -0.3 is 9.88 Å². The van der Waals surface area contributed by atoms with Gasteiger partial charge in [-0.15, -0.1) is 0 Å². The summed E-state index contributed by atoms with van der Waals surface area (Å²) in [7, 11) is 0. The minimum atomic E-state index is 0.193. The maximum absolute atomic E-state index is 12.5. The van der Waals surface area contributed by atoms with Crippen molar-refractivity contribution in [1.82, 2.24) is 9.88 Å². The molecule has 3 aromatic rings. The molecular weight excluding hydrogens is 344 g/mol. The van der Waals surface area contributed by atoms with Crippen LogP contribution in [0.1, 0.15) is 50.2 Å². The third-order valence-corrected chi connectivity index (χ3v) is 6.15. The number of nitrogens with zero attached hydrogens (tertiary/aromatic N) is 1. The molecule has 0 unspecified atom stereocenters. The van der Waals surface area contributed by atoms with Crippen LogP contribution in [-0.4, -0.2) is 16.5 Å². The molecular formula is C25H30N2O. The first-order valence-electron chi connectivity index (χ1n) is 10.6. The molecule has 0 radical (unpaired) electrons. The summed E-state index contributed by atoms with van der Waals surface area (Å²) in [5.74, 6) is 0.795. The molecule has 1 aliphatic carbocycles. The molecule has 0 spiro atoms. The Morgan fingerprint density at radius 3 is 2.61 bits per heavy atom. The van der Waals surface area contributed by atoms with Gasteiger partial charge in [-0.25, -0.2) is 0 Å². The summed E-state index contributed by atoms with van der Waals surface area (Å²) < 4.78 is 2.31. The standard InChI is InChI=1S/C25H30N2O/c1-19-9-5-7-13-23(19)26-25(28)16-15-21-18-27(17-20-10-3-2-4-11-20)24-14-8-6-12-22(21)24/h2-4,6,8,10-12,14,18-19,23H,5,7,9,13,15-17H2,1H3,(H,26,28)/t19-,23+/m1/s1. The van der Waals surface area contributed by atoms with Crippen LogP contribution in [0.3, 0.4) is 0 Å². The molecule has 146 valence electrons. The monoisotopic (exact) mass is 374 g/mol. The first kappa shape index (κ1) is 18.8. The largest absolute Gasteiger partial charge is 0.353 e. The van der Waals surface area contributed by atoms with Crippen molar-refractivity contribution in [3.63, 3.8) is 0 Å². The average Bonchev–Trinajstić information content (AvgIpc) is 3.07. The topological polar surface area (TPSA) is 34.0 Å². The number of rotatable bonds is 6. The number of carbonyl (C=O) groups is 1. The van der Waals surface area contributed by atoms with Gasteiger partial charge in [0.05, 0.1) is 0 Å². The molecule has 1 saturated carbocycles. The summed E-state index contributed by atoms with van der Waals surface area (Å²) in [6, 6.07) is 19.4. The number of fused-ring (bicyclic) bond motifs is 1. The highest BCUT2D eigenvalue weighted by atomic mass is 16.1. The van der Waals surface area contributed by atoms with Crippen molar-refractivity contribution in [2.24, 2.45) is 5.92 Å². The maximum atomic E-state index is 12.5. The van der Waals surface area contributed by atoms with Gasteiger partial charge in [0.1, 0.15) is 0 Å². The fourth-order valence-electron chi connectivity index (χ4n) is 4.49. The van der Waals surface area contributed by atoms with Gasteiger partial charge in [0, 0.05) is 36.1 Å². The van der Waals surface area contributed by atoms with Gasteiger partial charge in [-0.2, -0.15) is 0 Å². The average molecular weight is 375 g/mol. The molecule has 0 bridgehead atoms. The van der Waals surface area contributed by atoms with Crippen LogP contribution < -0.4 is 5.32 Å². The number of nitrogens with one attached hydrogen (secondary N) is 1. The summed E-state index contributed by atoms with van der Waals surface area (Å²) in [5, 5.41) is 4.55. The number of amides is 1. The molecule has 1 aliphatic rings. The van der Waals surface area contributed by atoms with Crippen molar-refractivity contribution >= 4 is 16.8 Å². The first-order valence-corrected chi connectivity index (χ1v) is 10.6. The molecule has 3 nitrogen and oxygen atoms in total. The molecule has 0 saturated heterocycles. The number of benzene rings is 2. The van der Waals surface area contributed by atoms with Crippen LogP contribution in [0.25, 0.3) is 10.9 Å². The molecule has 1 fully saturated rings. The Labute approximate surface area is 167 Å². The zero-order valence-corrected chi connectivity index (χ0v) is 16.7. The van der Waals surface area contributed by atoms with Gasteiger partial charge in [0.25, 0.3) is 0 Å². The number of carbonyl (C=O) groups excluding carboxylic acids is 1. The molecule has 3 heteroatoms. The fraction of sp³-hybridized carbons (Fsp3) is 0.400. The van der Waals surface area contributed by atoms with E-state index >= 15 is 0 Å². The Bertz CT molecular complexity index is 928. The molecule has 2 aromatic carbocycles. The summed E-state index contributed by atoms with van der Waals surface area (Å²) >= 11 is 0. The molecule has 28 heavy (non-hydrogen) atoms. The smallest absolute Gasteiger partial charge is 0.220 e. The third kappa shape index (κ3) is 4.30. The quantitative estimate of drug-likeness (QED) is 0.623. The van der Waals surface area contributed by atoms with Gasteiger partial charge >= 0.3 is 0 Å². The van der Waals surface area contributed by atoms with Crippen molar-refractivity contribution in [3.8, 4) is 0 Å². The van der Waals surface area contributed by atoms with Crippen LogP contribution in [-0.2, 0) is 17.8 Å². The van der Waals surface area contributed by atoms with Crippen LogP contribution in [0.15, 0.2) is 60.8 Å². The Hall–Kier alpha value is -2.55. The molecule has 2 atom stereocenters. The second-order valence-corrected chi connectivity index (χ2v) is 8.22. The minimum Gasteiger partial charge on any atom is -0.353 e. The van der Waals surface area contributed by atoms with E-state index in [1.807, 2.05) is 0 Å². The number of para-hydroxylation sites is 1. The Morgan fingerprint density at radius 1 is 1.04 bits per heavy atom. The van der Waals surface area contributed by atoms with E-state index in [4.69, 9.17) is 0 Å². The minimum absolute atomic E-state index is 0.193.